The topological polar surface area (TPSA) is 119 Å². The SMILES string of the molecule is Cc1cccc2c1OB(O)C(NC(=O)/C(=N\OCCF)c1csc(N)n1)C2. The van der Waals surface area contributed by atoms with Crippen LogP contribution in [-0.2, 0) is 16.1 Å². The molecule has 0 radical (unpaired) electrons. The van der Waals surface area contributed by atoms with E-state index in [9.17, 15) is 14.2 Å². The van der Waals surface area contributed by atoms with Crippen LogP contribution in [0.2, 0.25) is 0 Å². The Kier molecular flexibility index (Phi) is 5.92. The molecule has 4 N–H and O–H groups in total. The van der Waals surface area contributed by atoms with E-state index in [-0.39, 0.29) is 23.1 Å². The van der Waals surface area contributed by atoms with Gasteiger partial charge in [0.2, 0.25) is 0 Å². The molecule has 0 spiro atoms. The summed E-state index contributed by atoms with van der Waals surface area (Å²) in [5.41, 5.74) is 7.43. The molecule has 1 atom stereocenters. The van der Waals surface area contributed by atoms with E-state index in [4.69, 9.17) is 15.2 Å². The number of nitrogens with two attached hydrogens (primary N) is 1. The summed E-state index contributed by atoms with van der Waals surface area (Å²) >= 11 is 1.13. The van der Waals surface area contributed by atoms with Crippen molar-refractivity contribution in [2.75, 3.05) is 19.0 Å². The highest BCUT2D eigenvalue weighted by atomic mass is 32.1. The number of aromatic nitrogens is 1. The fraction of sp³-hybridized carbons (Fsp3) is 0.312. The number of para-hydroxylation sites is 1. The van der Waals surface area contributed by atoms with Gasteiger partial charge in [0.1, 0.15) is 24.7 Å². The molecular weight excluding hydrogens is 374 g/mol. The van der Waals surface area contributed by atoms with Crippen molar-refractivity contribution in [1.29, 1.82) is 0 Å². The molecule has 1 unspecified atom stereocenters. The fourth-order valence-electron chi connectivity index (χ4n) is 2.69. The molecule has 3 rings (SSSR count). The molecule has 0 saturated heterocycles. The van der Waals surface area contributed by atoms with Crippen LogP contribution >= 0.6 is 11.3 Å². The summed E-state index contributed by atoms with van der Waals surface area (Å²) in [5, 5.41) is 18.4. The van der Waals surface area contributed by atoms with E-state index < -0.39 is 25.6 Å². The lowest BCUT2D eigenvalue weighted by Crippen LogP contribution is -2.54. The Labute approximate surface area is 159 Å². The molecule has 11 heteroatoms. The fourth-order valence-corrected chi connectivity index (χ4v) is 3.24. The molecule has 2 aromatic rings. The minimum Gasteiger partial charge on any atom is -0.534 e. The van der Waals surface area contributed by atoms with Gasteiger partial charge in [-0.25, -0.2) is 9.37 Å². The van der Waals surface area contributed by atoms with Crippen molar-refractivity contribution < 1.29 is 23.7 Å². The first kappa shape index (κ1) is 19.1. The maximum Gasteiger partial charge on any atom is 0.547 e. The van der Waals surface area contributed by atoms with Crippen LogP contribution in [-0.4, -0.2) is 48.0 Å². The molecule has 8 nitrogen and oxygen atoms in total. The maximum absolute atomic E-state index is 12.7. The van der Waals surface area contributed by atoms with E-state index in [1.54, 1.807) is 5.38 Å². The van der Waals surface area contributed by atoms with Gasteiger partial charge in [-0.1, -0.05) is 23.4 Å². The molecule has 2 heterocycles. The average Bonchev–Trinajstić information content (AvgIpc) is 3.06. The number of halogens is 1. The Morgan fingerprint density at radius 1 is 1.63 bits per heavy atom. The van der Waals surface area contributed by atoms with Gasteiger partial charge in [0.25, 0.3) is 5.91 Å². The van der Waals surface area contributed by atoms with E-state index >= 15 is 0 Å². The number of nitrogens with one attached hydrogen (secondary N) is 1. The molecule has 142 valence electrons. The molecule has 0 saturated carbocycles. The normalized spacial score (nSPS) is 16.5. The summed E-state index contributed by atoms with van der Waals surface area (Å²) in [7, 11) is -1.23. The van der Waals surface area contributed by atoms with Crippen LogP contribution in [0.5, 0.6) is 5.75 Å². The van der Waals surface area contributed by atoms with Crippen LogP contribution in [0.15, 0.2) is 28.7 Å². The number of hydrogen-bond acceptors (Lipinski definition) is 8. The van der Waals surface area contributed by atoms with Gasteiger partial charge >= 0.3 is 7.12 Å². The van der Waals surface area contributed by atoms with Gasteiger partial charge in [-0.15, -0.1) is 11.3 Å². The number of thiazole rings is 1. The first-order valence-electron chi connectivity index (χ1n) is 8.21. The predicted octanol–water partition coefficient (Wildman–Crippen LogP) is 0.864. The second-order valence-electron chi connectivity index (χ2n) is 5.89. The highest BCUT2D eigenvalue weighted by molar-refractivity contribution is 7.13. The van der Waals surface area contributed by atoms with Crippen molar-refractivity contribution in [3.8, 4) is 5.75 Å². The quantitative estimate of drug-likeness (QED) is 0.291. The molecule has 27 heavy (non-hydrogen) atoms. The second kappa shape index (κ2) is 8.36. The molecular formula is C16H18BFN4O4S. The van der Waals surface area contributed by atoms with E-state index in [0.29, 0.717) is 12.2 Å². The number of oxime groups is 1. The third-order valence-corrected chi connectivity index (χ3v) is 4.61. The van der Waals surface area contributed by atoms with Crippen molar-refractivity contribution in [2.45, 2.75) is 19.3 Å². The zero-order valence-electron chi connectivity index (χ0n) is 14.5. The number of rotatable bonds is 6. The minimum absolute atomic E-state index is 0.154. The van der Waals surface area contributed by atoms with Crippen LogP contribution in [0.4, 0.5) is 9.52 Å². The lowest BCUT2D eigenvalue weighted by Gasteiger charge is -2.29. The number of anilines is 1. The Hall–Kier alpha value is -2.66. The summed E-state index contributed by atoms with van der Waals surface area (Å²) < 4.78 is 17.8. The number of hydrogen-bond donors (Lipinski definition) is 3. The number of aryl methyl sites for hydroxylation is 1. The number of benzene rings is 1. The monoisotopic (exact) mass is 392 g/mol. The third kappa shape index (κ3) is 4.37. The average molecular weight is 392 g/mol. The molecule has 1 aliphatic heterocycles. The Bertz CT molecular complexity index is 863. The van der Waals surface area contributed by atoms with Crippen molar-refractivity contribution in [2.24, 2.45) is 5.16 Å². The van der Waals surface area contributed by atoms with E-state index in [1.807, 2.05) is 25.1 Å². The van der Waals surface area contributed by atoms with Gasteiger partial charge in [0, 0.05) is 5.38 Å². The summed E-state index contributed by atoms with van der Waals surface area (Å²) in [6, 6.07) is 5.63. The van der Waals surface area contributed by atoms with Crippen LogP contribution in [0, 0.1) is 6.92 Å². The molecule has 1 aliphatic rings. The van der Waals surface area contributed by atoms with Gasteiger partial charge in [0.15, 0.2) is 10.8 Å². The van der Waals surface area contributed by atoms with E-state index in [2.05, 4.69) is 15.5 Å². The van der Waals surface area contributed by atoms with Crippen LogP contribution in [0.25, 0.3) is 0 Å². The summed E-state index contributed by atoms with van der Waals surface area (Å²) in [4.78, 5) is 21.5. The summed E-state index contributed by atoms with van der Waals surface area (Å²) in [6.45, 7) is 0.839. The van der Waals surface area contributed by atoms with Gasteiger partial charge in [-0.05, 0) is 24.5 Å². The molecule has 0 fully saturated rings. The van der Waals surface area contributed by atoms with Crippen LogP contribution in [0.3, 0.4) is 0 Å². The van der Waals surface area contributed by atoms with Gasteiger partial charge in [0.05, 0.1) is 5.94 Å². The zero-order chi connectivity index (χ0) is 19.4. The minimum atomic E-state index is -1.23. The number of carbonyl (C=O) groups is 1. The highest BCUT2D eigenvalue weighted by Crippen LogP contribution is 2.29. The Morgan fingerprint density at radius 2 is 2.44 bits per heavy atom. The molecule has 1 aromatic carbocycles. The molecule has 0 bridgehead atoms. The number of nitrogens with zero attached hydrogens (tertiary/aromatic N) is 2. The maximum atomic E-state index is 12.7. The summed E-state index contributed by atoms with van der Waals surface area (Å²) in [6.07, 6.45) is 0.377. The van der Waals surface area contributed by atoms with Crippen molar-refractivity contribution in [3.05, 3.63) is 40.4 Å². The molecule has 0 aliphatic carbocycles. The number of carbonyl (C=O) groups excluding carboxylic acids is 1. The van der Waals surface area contributed by atoms with Crippen LogP contribution < -0.4 is 15.7 Å². The van der Waals surface area contributed by atoms with Crippen molar-refractivity contribution >= 4 is 35.2 Å². The Balaban J connectivity index is 1.78. The number of nitrogen functional groups attached to an aromatic ring is 1. The van der Waals surface area contributed by atoms with Crippen LogP contribution in [0.1, 0.15) is 16.8 Å². The van der Waals surface area contributed by atoms with Gasteiger partial charge in [-0.2, -0.15) is 0 Å². The number of amides is 1. The van der Waals surface area contributed by atoms with E-state index in [1.165, 1.54) is 0 Å². The molecule has 1 amide bonds. The van der Waals surface area contributed by atoms with Crippen molar-refractivity contribution in [3.63, 3.8) is 0 Å². The van der Waals surface area contributed by atoms with Crippen molar-refractivity contribution in [1.82, 2.24) is 10.3 Å². The lowest BCUT2D eigenvalue weighted by molar-refractivity contribution is -0.115. The lowest BCUT2D eigenvalue weighted by atomic mass is 9.72. The number of alkyl halides is 1. The number of fused-ring (bicyclic) bond motifs is 1. The second-order valence-corrected chi connectivity index (χ2v) is 6.78. The van der Waals surface area contributed by atoms with Gasteiger partial charge < -0.3 is 25.6 Å². The smallest absolute Gasteiger partial charge is 0.534 e. The van der Waals surface area contributed by atoms with Gasteiger partial charge in [-0.3, -0.25) is 4.79 Å². The first-order chi connectivity index (χ1) is 13.0. The first-order valence-corrected chi connectivity index (χ1v) is 9.09. The summed E-state index contributed by atoms with van der Waals surface area (Å²) in [5.74, 6) is -0.722. The standard InChI is InChI=1S/C16H18BFN4O4S/c1-9-3-2-4-10-7-12(17(24)26-14(9)10)21-15(23)13(22-25-6-5-18)11-8-27-16(19)20-11/h2-4,8,12,24H,5-7H2,1H3,(H2,19,20)(H,21,23)/b22-13-. The molecule has 1 aromatic heterocycles. The highest BCUT2D eigenvalue weighted by Gasteiger charge is 2.37. The zero-order valence-corrected chi connectivity index (χ0v) is 15.3. The Morgan fingerprint density at radius 3 is 3.15 bits per heavy atom. The van der Waals surface area contributed by atoms with E-state index in [0.717, 1.165) is 22.5 Å². The third-order valence-electron chi connectivity index (χ3n) is 3.94. The predicted molar refractivity (Wildman–Crippen MR) is 100 cm³/mol. The largest absolute Gasteiger partial charge is 0.547 e.